The molecule has 0 unspecified atom stereocenters. The molecule has 1 aromatic rings. The number of hydrogen-bond donors (Lipinski definition) is 0. The first-order chi connectivity index (χ1) is 9.47. The minimum Gasteiger partial charge on any atom is -0.348 e. The third kappa shape index (κ3) is 5.23. The Balaban J connectivity index is 2.84. The quantitative estimate of drug-likeness (QED) is 0.633. The zero-order valence-corrected chi connectivity index (χ0v) is 14.3. The molecule has 1 aromatic heterocycles. The summed E-state index contributed by atoms with van der Waals surface area (Å²) in [5.74, 6) is 1.38. The Morgan fingerprint density at radius 2 is 1.70 bits per heavy atom. The predicted octanol–water partition coefficient (Wildman–Crippen LogP) is 4.42. The molecule has 0 fully saturated rings. The van der Waals surface area contributed by atoms with Crippen molar-refractivity contribution in [2.24, 2.45) is 11.8 Å². The molecule has 0 saturated heterocycles. The van der Waals surface area contributed by atoms with Crippen molar-refractivity contribution in [3.05, 3.63) is 10.6 Å². The van der Waals surface area contributed by atoms with Crippen LogP contribution in [0.4, 0.5) is 5.13 Å². The van der Waals surface area contributed by atoms with Gasteiger partial charge in [-0.3, -0.25) is 4.79 Å². The Morgan fingerprint density at radius 1 is 1.15 bits per heavy atom. The highest BCUT2D eigenvalue weighted by molar-refractivity contribution is 7.17. The van der Waals surface area contributed by atoms with E-state index in [2.05, 4.69) is 44.5 Å². The van der Waals surface area contributed by atoms with Crippen LogP contribution in [0.15, 0.2) is 0 Å². The van der Waals surface area contributed by atoms with Crippen molar-refractivity contribution in [3.63, 3.8) is 0 Å². The number of carbonyl (C=O) groups excluding carboxylic acids is 1. The second kappa shape index (κ2) is 8.40. The van der Waals surface area contributed by atoms with Crippen LogP contribution in [0.3, 0.4) is 0 Å². The molecule has 0 atom stereocenters. The third-order valence-electron chi connectivity index (χ3n) is 3.38. The van der Waals surface area contributed by atoms with E-state index in [-0.39, 0.29) is 0 Å². The third-order valence-corrected chi connectivity index (χ3v) is 4.47. The monoisotopic (exact) mass is 296 g/mol. The number of nitrogens with zero attached hydrogens (tertiary/aromatic N) is 2. The van der Waals surface area contributed by atoms with Gasteiger partial charge in [-0.15, -0.1) is 0 Å². The second-order valence-corrected chi connectivity index (χ2v) is 7.14. The van der Waals surface area contributed by atoms with Crippen LogP contribution in [0.1, 0.15) is 62.8 Å². The number of hydrogen-bond acceptors (Lipinski definition) is 4. The maximum absolute atomic E-state index is 11.1. The summed E-state index contributed by atoms with van der Waals surface area (Å²) in [6.45, 7) is 13.1. The van der Waals surface area contributed by atoms with E-state index in [1.807, 2.05) is 0 Å². The number of aldehydes is 1. The summed E-state index contributed by atoms with van der Waals surface area (Å²) in [6.07, 6.45) is 4.10. The first-order valence-electron chi connectivity index (χ1n) is 7.67. The number of aromatic nitrogens is 1. The fourth-order valence-corrected chi connectivity index (χ4v) is 2.98. The molecule has 0 aliphatic heterocycles. The van der Waals surface area contributed by atoms with E-state index in [0.717, 1.165) is 54.3 Å². The fraction of sp³-hybridized carbons (Fsp3) is 0.750. The molecular weight excluding hydrogens is 268 g/mol. The predicted molar refractivity (Wildman–Crippen MR) is 88.0 cm³/mol. The van der Waals surface area contributed by atoms with Crippen LogP contribution < -0.4 is 4.90 Å². The summed E-state index contributed by atoms with van der Waals surface area (Å²) < 4.78 is 0. The highest BCUT2D eigenvalue weighted by atomic mass is 32.1. The number of rotatable bonds is 9. The largest absolute Gasteiger partial charge is 0.348 e. The molecule has 114 valence electrons. The first kappa shape index (κ1) is 17.2. The molecule has 0 bridgehead atoms. The Morgan fingerprint density at radius 3 is 2.05 bits per heavy atom. The van der Waals surface area contributed by atoms with E-state index in [1.165, 1.54) is 0 Å². The van der Waals surface area contributed by atoms with Crippen molar-refractivity contribution >= 4 is 22.8 Å². The topological polar surface area (TPSA) is 33.2 Å². The van der Waals surface area contributed by atoms with E-state index in [0.29, 0.717) is 11.8 Å². The Labute approximate surface area is 127 Å². The van der Waals surface area contributed by atoms with Crippen LogP contribution in [-0.4, -0.2) is 24.4 Å². The number of carbonyl (C=O) groups is 1. The van der Waals surface area contributed by atoms with Gasteiger partial charge >= 0.3 is 0 Å². The van der Waals surface area contributed by atoms with E-state index in [9.17, 15) is 4.79 Å². The highest BCUT2D eigenvalue weighted by Gasteiger charge is 2.15. The van der Waals surface area contributed by atoms with Crippen LogP contribution >= 0.6 is 11.3 Å². The Bertz CT molecular complexity index is 401. The van der Waals surface area contributed by atoms with Gasteiger partial charge in [0, 0.05) is 13.1 Å². The Kier molecular flexibility index (Phi) is 7.20. The second-order valence-electron chi connectivity index (χ2n) is 6.13. The fourth-order valence-electron chi connectivity index (χ4n) is 1.96. The Hall–Kier alpha value is -0.900. The van der Waals surface area contributed by atoms with Crippen molar-refractivity contribution in [1.82, 2.24) is 4.98 Å². The molecule has 1 rings (SSSR count). The van der Waals surface area contributed by atoms with Gasteiger partial charge in [-0.25, -0.2) is 4.98 Å². The summed E-state index contributed by atoms with van der Waals surface area (Å²) in [6, 6.07) is 0. The number of aryl methyl sites for hydroxylation is 1. The van der Waals surface area contributed by atoms with E-state index < -0.39 is 0 Å². The SMILES string of the molecule is CCc1nc(N(CCC(C)C)CCC(C)C)sc1C=O. The summed E-state index contributed by atoms with van der Waals surface area (Å²) in [5, 5.41) is 1.02. The lowest BCUT2D eigenvalue weighted by atomic mass is 10.1. The van der Waals surface area contributed by atoms with Gasteiger partial charge in [0.15, 0.2) is 11.4 Å². The van der Waals surface area contributed by atoms with Gasteiger partial charge in [0.25, 0.3) is 0 Å². The van der Waals surface area contributed by atoms with Gasteiger partial charge in [0.1, 0.15) is 0 Å². The maximum Gasteiger partial charge on any atom is 0.186 e. The van der Waals surface area contributed by atoms with Crippen molar-refractivity contribution in [3.8, 4) is 0 Å². The van der Waals surface area contributed by atoms with Crippen LogP contribution in [0.25, 0.3) is 0 Å². The van der Waals surface area contributed by atoms with Gasteiger partial charge in [0.05, 0.1) is 10.6 Å². The van der Waals surface area contributed by atoms with Crippen LogP contribution in [0.2, 0.25) is 0 Å². The standard InChI is InChI=1S/C16H28N2OS/c1-6-14-15(11-19)20-16(17-14)18(9-7-12(2)3)10-8-13(4)5/h11-13H,6-10H2,1-5H3. The lowest BCUT2D eigenvalue weighted by Gasteiger charge is -2.23. The van der Waals surface area contributed by atoms with E-state index >= 15 is 0 Å². The molecule has 3 nitrogen and oxygen atoms in total. The molecule has 0 aromatic carbocycles. The lowest BCUT2D eigenvalue weighted by Crippen LogP contribution is -2.27. The molecule has 0 N–H and O–H groups in total. The van der Waals surface area contributed by atoms with Gasteiger partial charge < -0.3 is 4.90 Å². The first-order valence-corrected chi connectivity index (χ1v) is 8.49. The van der Waals surface area contributed by atoms with E-state index in [4.69, 9.17) is 0 Å². The number of anilines is 1. The molecular formula is C16H28N2OS. The zero-order valence-electron chi connectivity index (χ0n) is 13.5. The average Bonchev–Trinajstić information content (AvgIpc) is 2.81. The molecule has 0 amide bonds. The molecule has 0 aliphatic rings. The van der Waals surface area contributed by atoms with Crippen molar-refractivity contribution in [2.45, 2.75) is 53.9 Å². The van der Waals surface area contributed by atoms with Gasteiger partial charge in [-0.1, -0.05) is 46.0 Å². The van der Waals surface area contributed by atoms with Gasteiger partial charge in [-0.05, 0) is 31.1 Å². The molecule has 0 aliphatic carbocycles. The van der Waals surface area contributed by atoms with Crippen molar-refractivity contribution in [2.75, 3.05) is 18.0 Å². The summed E-state index contributed by atoms with van der Waals surface area (Å²) in [4.78, 5) is 18.9. The molecule has 0 radical (unpaired) electrons. The smallest absolute Gasteiger partial charge is 0.186 e. The van der Waals surface area contributed by atoms with Crippen molar-refractivity contribution in [1.29, 1.82) is 0 Å². The zero-order chi connectivity index (χ0) is 15.1. The molecule has 0 saturated carbocycles. The normalized spacial score (nSPS) is 11.3. The summed E-state index contributed by atoms with van der Waals surface area (Å²) in [7, 11) is 0. The minimum absolute atomic E-state index is 0.688. The molecule has 0 spiro atoms. The van der Waals surface area contributed by atoms with Crippen molar-refractivity contribution < 1.29 is 4.79 Å². The highest BCUT2D eigenvalue weighted by Crippen LogP contribution is 2.26. The molecule has 1 heterocycles. The van der Waals surface area contributed by atoms with Crippen LogP contribution in [0.5, 0.6) is 0 Å². The van der Waals surface area contributed by atoms with Crippen LogP contribution in [0, 0.1) is 11.8 Å². The number of thiazole rings is 1. The average molecular weight is 296 g/mol. The van der Waals surface area contributed by atoms with Gasteiger partial charge in [-0.2, -0.15) is 0 Å². The lowest BCUT2D eigenvalue weighted by molar-refractivity contribution is 0.112. The maximum atomic E-state index is 11.1. The van der Waals surface area contributed by atoms with Crippen LogP contribution in [-0.2, 0) is 6.42 Å². The summed E-state index contributed by atoms with van der Waals surface area (Å²) in [5.41, 5.74) is 0.944. The minimum atomic E-state index is 0.688. The molecule has 4 heteroatoms. The summed E-state index contributed by atoms with van der Waals surface area (Å²) >= 11 is 1.54. The van der Waals surface area contributed by atoms with E-state index in [1.54, 1.807) is 11.3 Å². The van der Waals surface area contributed by atoms with Gasteiger partial charge in [0.2, 0.25) is 0 Å². The molecule has 20 heavy (non-hydrogen) atoms.